The number of carboxylic acids is 1. The van der Waals surface area contributed by atoms with Crippen LogP contribution in [0.25, 0.3) is 0 Å². The maximum atomic E-state index is 11.9. The molecule has 0 unspecified atom stereocenters. The third kappa shape index (κ3) is 3.62. The molecule has 0 spiro atoms. The highest BCUT2D eigenvalue weighted by molar-refractivity contribution is 9.10. The number of hydrogen-bond donors (Lipinski definition) is 2. The van der Waals surface area contributed by atoms with E-state index in [1.807, 2.05) is 11.4 Å². The molecule has 5 nitrogen and oxygen atoms in total. The van der Waals surface area contributed by atoms with Gasteiger partial charge in [-0.15, -0.1) is 11.3 Å². The monoisotopic (exact) mass is 340 g/mol. The third-order valence-corrected chi connectivity index (χ3v) is 3.98. The lowest BCUT2D eigenvalue weighted by molar-refractivity contribution is 0.0690. The Morgan fingerprint density at radius 1 is 1.42 bits per heavy atom. The Morgan fingerprint density at radius 3 is 2.84 bits per heavy atom. The first-order valence-electron chi connectivity index (χ1n) is 5.26. The number of aromatic carboxylic acids is 1. The van der Waals surface area contributed by atoms with Crippen LogP contribution in [-0.2, 0) is 6.54 Å². The highest BCUT2D eigenvalue weighted by atomic mass is 79.9. The molecule has 0 saturated carbocycles. The van der Waals surface area contributed by atoms with Gasteiger partial charge in [-0.2, -0.15) is 0 Å². The number of nitrogens with zero attached hydrogens (tertiary/aromatic N) is 1. The largest absolute Gasteiger partial charge is 0.477 e. The number of amides is 1. The second kappa shape index (κ2) is 5.94. The van der Waals surface area contributed by atoms with Gasteiger partial charge in [0.05, 0.1) is 6.54 Å². The number of carbonyl (C=O) groups excluding carboxylic acids is 1. The van der Waals surface area contributed by atoms with Gasteiger partial charge in [0, 0.05) is 26.5 Å². The van der Waals surface area contributed by atoms with Crippen molar-refractivity contribution in [3.63, 3.8) is 0 Å². The number of carboxylic acid groups (broad SMARTS) is 1. The molecule has 0 aliphatic rings. The van der Waals surface area contributed by atoms with Crippen molar-refractivity contribution in [1.29, 1.82) is 0 Å². The van der Waals surface area contributed by atoms with Gasteiger partial charge in [0.1, 0.15) is 5.69 Å². The fourth-order valence-electron chi connectivity index (χ4n) is 1.40. The van der Waals surface area contributed by atoms with Gasteiger partial charge in [0.2, 0.25) is 0 Å². The molecule has 0 radical (unpaired) electrons. The summed E-state index contributed by atoms with van der Waals surface area (Å²) < 4.78 is 0.971. The van der Waals surface area contributed by atoms with Crippen LogP contribution in [0.3, 0.4) is 0 Å². The molecule has 0 atom stereocenters. The minimum Gasteiger partial charge on any atom is -0.477 e. The minimum atomic E-state index is -1.16. The van der Waals surface area contributed by atoms with Crippen LogP contribution in [0, 0.1) is 0 Å². The fourth-order valence-corrected chi connectivity index (χ4v) is 2.80. The van der Waals surface area contributed by atoms with E-state index in [0.717, 1.165) is 9.35 Å². The number of carbonyl (C=O) groups is 2. The molecule has 0 bridgehead atoms. The summed E-state index contributed by atoms with van der Waals surface area (Å²) in [6.07, 6.45) is 1.31. The van der Waals surface area contributed by atoms with Crippen LogP contribution >= 0.6 is 27.3 Å². The first-order valence-corrected chi connectivity index (χ1v) is 6.94. The number of rotatable bonds is 4. The maximum absolute atomic E-state index is 11.9. The molecular weight excluding hydrogens is 332 g/mol. The van der Waals surface area contributed by atoms with E-state index >= 15 is 0 Å². The quantitative estimate of drug-likeness (QED) is 0.896. The van der Waals surface area contributed by atoms with Crippen molar-refractivity contribution in [2.75, 3.05) is 0 Å². The molecule has 2 aromatic rings. The van der Waals surface area contributed by atoms with Crippen LogP contribution in [0.5, 0.6) is 0 Å². The van der Waals surface area contributed by atoms with Gasteiger partial charge < -0.3 is 10.4 Å². The van der Waals surface area contributed by atoms with Crippen molar-refractivity contribution in [2.24, 2.45) is 0 Å². The lowest BCUT2D eigenvalue weighted by Crippen LogP contribution is -2.22. The molecule has 0 aromatic carbocycles. The molecule has 0 aliphatic carbocycles. The van der Waals surface area contributed by atoms with Gasteiger partial charge in [0.15, 0.2) is 0 Å². The highest BCUT2D eigenvalue weighted by Crippen LogP contribution is 2.19. The van der Waals surface area contributed by atoms with Gasteiger partial charge >= 0.3 is 5.97 Å². The summed E-state index contributed by atoms with van der Waals surface area (Å²) in [5.41, 5.74) is 0.134. The molecule has 0 fully saturated rings. The Morgan fingerprint density at radius 2 is 2.21 bits per heavy atom. The van der Waals surface area contributed by atoms with Crippen molar-refractivity contribution in [3.8, 4) is 0 Å². The number of pyridine rings is 1. The van der Waals surface area contributed by atoms with Crippen LogP contribution < -0.4 is 5.32 Å². The number of aromatic nitrogens is 1. The zero-order chi connectivity index (χ0) is 13.8. The van der Waals surface area contributed by atoms with Crippen LogP contribution in [-0.4, -0.2) is 22.0 Å². The zero-order valence-electron chi connectivity index (χ0n) is 9.59. The summed E-state index contributed by atoms with van der Waals surface area (Å²) >= 11 is 4.86. The maximum Gasteiger partial charge on any atom is 0.354 e. The van der Waals surface area contributed by atoms with E-state index in [-0.39, 0.29) is 17.2 Å². The Hall–Kier alpha value is -1.73. The molecule has 1 amide bonds. The molecule has 0 saturated heterocycles. The third-order valence-electron chi connectivity index (χ3n) is 2.29. The van der Waals surface area contributed by atoms with Gasteiger partial charge in [-0.3, -0.25) is 4.79 Å². The minimum absolute atomic E-state index is 0.147. The summed E-state index contributed by atoms with van der Waals surface area (Å²) in [6.45, 7) is 0.403. The van der Waals surface area contributed by atoms with Crippen LogP contribution in [0.15, 0.2) is 34.2 Å². The highest BCUT2D eigenvalue weighted by Gasteiger charge is 2.10. The molecule has 98 valence electrons. The average Bonchev–Trinajstić information content (AvgIpc) is 2.82. The van der Waals surface area contributed by atoms with Gasteiger partial charge in [-0.1, -0.05) is 0 Å². The summed E-state index contributed by atoms with van der Waals surface area (Å²) in [5, 5.41) is 13.5. The van der Waals surface area contributed by atoms with Crippen molar-refractivity contribution < 1.29 is 14.7 Å². The Bertz CT molecular complexity index is 627. The summed E-state index contributed by atoms with van der Waals surface area (Å²) in [5.74, 6) is -1.48. The lowest BCUT2D eigenvalue weighted by atomic mass is 10.2. The summed E-state index contributed by atoms with van der Waals surface area (Å²) in [6, 6.07) is 4.65. The Labute approximate surface area is 121 Å². The second-order valence-corrected chi connectivity index (χ2v) is 5.56. The van der Waals surface area contributed by atoms with Crippen LogP contribution in [0.2, 0.25) is 0 Å². The molecule has 19 heavy (non-hydrogen) atoms. The molecule has 2 aromatic heterocycles. The molecule has 7 heteroatoms. The molecule has 2 N–H and O–H groups in total. The normalized spacial score (nSPS) is 10.2. The van der Waals surface area contributed by atoms with Crippen molar-refractivity contribution >= 4 is 39.1 Å². The van der Waals surface area contributed by atoms with Crippen LogP contribution in [0.4, 0.5) is 0 Å². The van der Waals surface area contributed by atoms with E-state index < -0.39 is 5.97 Å². The van der Waals surface area contributed by atoms with E-state index in [9.17, 15) is 9.59 Å². The van der Waals surface area contributed by atoms with E-state index in [1.54, 1.807) is 0 Å². The number of hydrogen-bond acceptors (Lipinski definition) is 4. The molecule has 0 aliphatic heterocycles. The topological polar surface area (TPSA) is 79.3 Å². The van der Waals surface area contributed by atoms with Gasteiger partial charge in [0.25, 0.3) is 5.91 Å². The first-order chi connectivity index (χ1) is 9.06. The summed E-state index contributed by atoms with van der Waals surface area (Å²) in [4.78, 5) is 27.3. The first kappa shape index (κ1) is 13.7. The summed E-state index contributed by atoms with van der Waals surface area (Å²) in [7, 11) is 0. The van der Waals surface area contributed by atoms with Gasteiger partial charge in [-0.05, 0) is 34.1 Å². The van der Waals surface area contributed by atoms with Crippen molar-refractivity contribution in [2.45, 2.75) is 6.54 Å². The Kier molecular flexibility index (Phi) is 4.28. The van der Waals surface area contributed by atoms with E-state index in [4.69, 9.17) is 5.11 Å². The van der Waals surface area contributed by atoms with E-state index in [1.165, 1.54) is 29.7 Å². The van der Waals surface area contributed by atoms with E-state index in [2.05, 4.69) is 26.2 Å². The lowest BCUT2D eigenvalue weighted by Gasteiger charge is -2.04. The van der Waals surface area contributed by atoms with Crippen molar-refractivity contribution in [1.82, 2.24) is 10.3 Å². The standard InChI is InChI=1S/C12H9BrN2O3S/c13-8-4-9(19-6-8)5-15-11(16)7-1-2-14-10(3-7)12(17)18/h1-4,6H,5H2,(H,15,16)(H,17,18). The van der Waals surface area contributed by atoms with Crippen molar-refractivity contribution in [3.05, 3.63) is 50.4 Å². The fraction of sp³-hybridized carbons (Fsp3) is 0.0833. The molecule has 2 heterocycles. The molecule has 2 rings (SSSR count). The number of thiophene rings is 1. The number of halogens is 1. The van der Waals surface area contributed by atoms with Crippen LogP contribution in [0.1, 0.15) is 25.7 Å². The number of nitrogens with one attached hydrogen (secondary N) is 1. The average molecular weight is 341 g/mol. The van der Waals surface area contributed by atoms with Gasteiger partial charge in [-0.25, -0.2) is 9.78 Å². The molecular formula is C12H9BrN2O3S. The predicted molar refractivity (Wildman–Crippen MR) is 74.4 cm³/mol. The predicted octanol–water partition coefficient (Wildman–Crippen LogP) is 2.53. The smallest absolute Gasteiger partial charge is 0.354 e. The Balaban J connectivity index is 2.03. The SMILES string of the molecule is O=C(NCc1cc(Br)cs1)c1ccnc(C(=O)O)c1. The van der Waals surface area contributed by atoms with E-state index in [0.29, 0.717) is 6.54 Å². The second-order valence-electron chi connectivity index (χ2n) is 3.65. The zero-order valence-corrected chi connectivity index (χ0v) is 12.0.